The summed E-state index contributed by atoms with van der Waals surface area (Å²) < 4.78 is 0. The Labute approximate surface area is 173 Å². The summed E-state index contributed by atoms with van der Waals surface area (Å²) in [6.07, 6.45) is 4.83. The van der Waals surface area contributed by atoms with Crippen LogP contribution >= 0.6 is 0 Å². The molecule has 0 amide bonds. The van der Waals surface area contributed by atoms with Crippen LogP contribution in [0.25, 0.3) is 0 Å². The number of fused-ring (bicyclic) bond motifs is 1. The first-order valence-corrected chi connectivity index (χ1v) is 10.8. The van der Waals surface area contributed by atoms with Gasteiger partial charge in [0.15, 0.2) is 0 Å². The van der Waals surface area contributed by atoms with Gasteiger partial charge in [0.2, 0.25) is 0 Å². The van der Waals surface area contributed by atoms with Crippen molar-refractivity contribution in [3.63, 3.8) is 0 Å². The Balaban J connectivity index is 1.50. The number of aromatic nitrogens is 2. The number of aliphatic hydroxyl groups excluding tert-OH is 2. The zero-order chi connectivity index (χ0) is 20.6. The van der Waals surface area contributed by atoms with E-state index in [9.17, 15) is 10.2 Å². The number of benzene rings is 1. The molecule has 156 valence electrons. The fourth-order valence-corrected chi connectivity index (χ4v) is 5.03. The second-order valence-electron chi connectivity index (χ2n) is 9.79. The van der Waals surface area contributed by atoms with E-state index in [-0.39, 0.29) is 29.9 Å². The highest BCUT2D eigenvalue weighted by Crippen LogP contribution is 2.36. The second kappa shape index (κ2) is 8.13. The molecule has 5 heteroatoms. The van der Waals surface area contributed by atoms with Crippen LogP contribution in [0.2, 0.25) is 0 Å². The van der Waals surface area contributed by atoms with Gasteiger partial charge in [0.05, 0.1) is 6.10 Å². The van der Waals surface area contributed by atoms with Crippen LogP contribution in [0.5, 0.6) is 0 Å². The lowest BCUT2D eigenvalue weighted by molar-refractivity contribution is 0.0715. The van der Waals surface area contributed by atoms with Gasteiger partial charge in [0.1, 0.15) is 5.82 Å². The van der Waals surface area contributed by atoms with Crippen molar-refractivity contribution < 1.29 is 10.2 Å². The molecule has 0 saturated heterocycles. The number of nitrogens with one attached hydrogen (secondary N) is 1. The minimum Gasteiger partial charge on any atom is -0.396 e. The number of hydrogen-bond acceptors (Lipinski definition) is 5. The normalized spacial score (nSPS) is 27.3. The summed E-state index contributed by atoms with van der Waals surface area (Å²) in [5.41, 5.74) is 3.73. The standard InChI is InChI=1S/C24H33N3O2/c1-24(2,3)23-25-9-8-17(27-23)12-19-20(14-28)22(29)13-21(19)26-18-10-15-6-4-5-7-16(15)11-18/h4-9,18-22,26,28-29H,10-14H2,1-3H3/t19-,20-,21-,22-/m1/s1. The van der Waals surface area contributed by atoms with Crippen LogP contribution in [0.1, 0.15) is 49.8 Å². The lowest BCUT2D eigenvalue weighted by atomic mass is 9.88. The Morgan fingerprint density at radius 2 is 1.76 bits per heavy atom. The molecule has 0 unspecified atom stereocenters. The van der Waals surface area contributed by atoms with Crippen molar-refractivity contribution in [2.24, 2.45) is 11.8 Å². The highest BCUT2D eigenvalue weighted by atomic mass is 16.3. The van der Waals surface area contributed by atoms with E-state index in [1.807, 2.05) is 12.3 Å². The van der Waals surface area contributed by atoms with Gasteiger partial charge in [-0.25, -0.2) is 9.97 Å². The summed E-state index contributed by atoms with van der Waals surface area (Å²) in [4.78, 5) is 9.24. The summed E-state index contributed by atoms with van der Waals surface area (Å²) in [5, 5.41) is 24.4. The van der Waals surface area contributed by atoms with Gasteiger partial charge >= 0.3 is 0 Å². The van der Waals surface area contributed by atoms with E-state index in [1.54, 1.807) is 0 Å². The van der Waals surface area contributed by atoms with Crippen molar-refractivity contribution in [1.82, 2.24) is 15.3 Å². The molecule has 5 nitrogen and oxygen atoms in total. The van der Waals surface area contributed by atoms with Crippen LogP contribution in [-0.4, -0.2) is 45.0 Å². The predicted octanol–water partition coefficient (Wildman–Crippen LogP) is 2.43. The Morgan fingerprint density at radius 1 is 1.07 bits per heavy atom. The van der Waals surface area contributed by atoms with Gasteiger partial charge in [-0.2, -0.15) is 0 Å². The van der Waals surface area contributed by atoms with Crippen molar-refractivity contribution in [2.45, 2.75) is 70.1 Å². The summed E-state index contributed by atoms with van der Waals surface area (Å²) >= 11 is 0. The van der Waals surface area contributed by atoms with Crippen LogP contribution in [0.3, 0.4) is 0 Å². The third kappa shape index (κ3) is 4.37. The molecule has 2 aromatic rings. The molecule has 2 aliphatic rings. The molecule has 0 aliphatic heterocycles. The number of rotatable bonds is 5. The Morgan fingerprint density at radius 3 is 2.38 bits per heavy atom. The molecule has 1 fully saturated rings. The number of nitrogens with zero attached hydrogens (tertiary/aromatic N) is 2. The molecule has 1 aromatic carbocycles. The first-order valence-electron chi connectivity index (χ1n) is 10.8. The van der Waals surface area contributed by atoms with E-state index in [0.717, 1.165) is 30.8 Å². The summed E-state index contributed by atoms with van der Waals surface area (Å²) in [6.45, 7) is 6.35. The number of hydrogen-bond donors (Lipinski definition) is 3. The van der Waals surface area contributed by atoms with Crippen LogP contribution in [-0.2, 0) is 24.7 Å². The monoisotopic (exact) mass is 395 g/mol. The maximum absolute atomic E-state index is 10.6. The molecule has 0 bridgehead atoms. The SMILES string of the molecule is CC(C)(C)c1nccc(C[C@@H]2[C@@H](CO)[C@H](O)C[C@H]2NC2Cc3ccccc3C2)n1. The molecule has 2 aliphatic carbocycles. The van der Waals surface area contributed by atoms with Gasteiger partial charge in [-0.3, -0.25) is 0 Å². The number of aliphatic hydroxyl groups is 2. The highest BCUT2D eigenvalue weighted by Gasteiger charge is 2.43. The predicted molar refractivity (Wildman–Crippen MR) is 114 cm³/mol. The minimum atomic E-state index is -0.477. The zero-order valence-electron chi connectivity index (χ0n) is 17.7. The third-order valence-electron chi connectivity index (χ3n) is 6.60. The topological polar surface area (TPSA) is 78.3 Å². The molecule has 1 aromatic heterocycles. The highest BCUT2D eigenvalue weighted by molar-refractivity contribution is 5.33. The fraction of sp³-hybridized carbons (Fsp3) is 0.583. The van der Waals surface area contributed by atoms with Crippen molar-refractivity contribution in [3.05, 3.63) is 59.2 Å². The maximum atomic E-state index is 10.6. The van der Waals surface area contributed by atoms with E-state index in [0.29, 0.717) is 12.5 Å². The molecular formula is C24H33N3O2. The molecule has 4 rings (SSSR count). The minimum absolute atomic E-state index is 0.00607. The first-order chi connectivity index (χ1) is 13.8. The van der Waals surface area contributed by atoms with E-state index in [4.69, 9.17) is 4.98 Å². The van der Waals surface area contributed by atoms with Gasteiger partial charge in [0, 0.05) is 41.9 Å². The molecule has 29 heavy (non-hydrogen) atoms. The van der Waals surface area contributed by atoms with E-state index in [1.165, 1.54) is 11.1 Å². The molecule has 0 radical (unpaired) electrons. The van der Waals surface area contributed by atoms with Crippen LogP contribution in [0.15, 0.2) is 36.5 Å². The Bertz CT molecular complexity index is 823. The van der Waals surface area contributed by atoms with E-state index < -0.39 is 6.10 Å². The van der Waals surface area contributed by atoms with Crippen LogP contribution < -0.4 is 5.32 Å². The first kappa shape index (κ1) is 20.5. The lowest BCUT2D eigenvalue weighted by Crippen LogP contribution is -2.43. The quantitative estimate of drug-likeness (QED) is 0.725. The Kier molecular flexibility index (Phi) is 5.74. The average molecular weight is 396 g/mol. The van der Waals surface area contributed by atoms with Gasteiger partial charge < -0.3 is 15.5 Å². The van der Waals surface area contributed by atoms with E-state index in [2.05, 4.69) is 55.3 Å². The summed E-state index contributed by atoms with van der Waals surface area (Å²) in [5.74, 6) is 0.871. The van der Waals surface area contributed by atoms with E-state index >= 15 is 0 Å². The van der Waals surface area contributed by atoms with Crippen molar-refractivity contribution >= 4 is 0 Å². The van der Waals surface area contributed by atoms with Crippen LogP contribution in [0.4, 0.5) is 0 Å². The zero-order valence-corrected chi connectivity index (χ0v) is 17.7. The Hall–Kier alpha value is -1.82. The molecule has 1 heterocycles. The summed E-state index contributed by atoms with van der Waals surface area (Å²) in [6, 6.07) is 11.2. The average Bonchev–Trinajstić information content (AvgIpc) is 3.21. The molecule has 0 spiro atoms. The van der Waals surface area contributed by atoms with Crippen molar-refractivity contribution in [1.29, 1.82) is 0 Å². The molecule has 3 N–H and O–H groups in total. The fourth-order valence-electron chi connectivity index (χ4n) is 5.03. The smallest absolute Gasteiger partial charge is 0.133 e. The molecule has 1 saturated carbocycles. The van der Waals surface area contributed by atoms with Gasteiger partial charge in [-0.15, -0.1) is 0 Å². The van der Waals surface area contributed by atoms with Gasteiger partial charge in [-0.1, -0.05) is 45.0 Å². The van der Waals surface area contributed by atoms with Gasteiger partial charge in [-0.05, 0) is 48.8 Å². The summed E-state index contributed by atoms with van der Waals surface area (Å²) in [7, 11) is 0. The second-order valence-corrected chi connectivity index (χ2v) is 9.79. The van der Waals surface area contributed by atoms with Crippen molar-refractivity contribution in [3.8, 4) is 0 Å². The molecule has 4 atom stereocenters. The van der Waals surface area contributed by atoms with Crippen molar-refractivity contribution in [2.75, 3.05) is 6.61 Å². The maximum Gasteiger partial charge on any atom is 0.133 e. The van der Waals surface area contributed by atoms with Gasteiger partial charge in [0.25, 0.3) is 0 Å². The third-order valence-corrected chi connectivity index (χ3v) is 6.60. The largest absolute Gasteiger partial charge is 0.396 e. The van der Waals surface area contributed by atoms with Crippen LogP contribution in [0, 0.1) is 11.8 Å². The lowest BCUT2D eigenvalue weighted by Gasteiger charge is -2.27. The molecular weight excluding hydrogens is 362 g/mol.